The smallest absolute Gasteiger partial charge is 0.358 e. The number of halogens is 1. The largest absolute Gasteiger partial charge is 0.464 e. The number of hydrogen-bond donors (Lipinski definition) is 0. The van der Waals surface area contributed by atoms with Gasteiger partial charge in [-0.3, -0.25) is 0 Å². The first-order valence-electron chi connectivity index (χ1n) is 5.03. The second-order valence-electron chi connectivity index (χ2n) is 3.29. The van der Waals surface area contributed by atoms with E-state index in [9.17, 15) is 9.18 Å². The lowest BCUT2D eigenvalue weighted by Crippen LogP contribution is -2.04. The molecule has 0 spiro atoms. The second kappa shape index (κ2) is 5.22. The molecule has 6 heteroatoms. The Kier molecular flexibility index (Phi) is 3.47. The standard InChI is InChI=1S/C12H9FN2O3/c1-17-12(16)10-6-15-11(7-14-10)18-9-4-2-3-8(13)5-9/h2-7H,1H3. The molecule has 1 aromatic carbocycles. The summed E-state index contributed by atoms with van der Waals surface area (Å²) in [7, 11) is 1.25. The fourth-order valence-corrected chi connectivity index (χ4v) is 1.23. The first-order valence-corrected chi connectivity index (χ1v) is 5.03. The molecular weight excluding hydrogens is 239 g/mol. The minimum Gasteiger partial charge on any atom is -0.464 e. The Morgan fingerprint density at radius 2 is 2.11 bits per heavy atom. The van der Waals surface area contributed by atoms with Crippen molar-refractivity contribution in [3.63, 3.8) is 0 Å². The second-order valence-corrected chi connectivity index (χ2v) is 3.29. The van der Waals surface area contributed by atoms with Crippen LogP contribution in [-0.4, -0.2) is 23.0 Å². The lowest BCUT2D eigenvalue weighted by atomic mass is 10.3. The first kappa shape index (κ1) is 12.0. The minimum atomic E-state index is -0.584. The van der Waals surface area contributed by atoms with Crippen LogP contribution in [0, 0.1) is 5.82 Å². The van der Waals surface area contributed by atoms with Gasteiger partial charge in [-0.05, 0) is 12.1 Å². The number of ether oxygens (including phenoxy) is 2. The maximum Gasteiger partial charge on any atom is 0.358 e. The zero-order valence-electron chi connectivity index (χ0n) is 9.46. The van der Waals surface area contributed by atoms with Gasteiger partial charge < -0.3 is 9.47 Å². The van der Waals surface area contributed by atoms with E-state index in [0.717, 1.165) is 0 Å². The number of rotatable bonds is 3. The van der Waals surface area contributed by atoms with Crippen molar-refractivity contribution in [2.45, 2.75) is 0 Å². The minimum absolute atomic E-state index is 0.0732. The van der Waals surface area contributed by atoms with Crippen molar-refractivity contribution in [2.24, 2.45) is 0 Å². The maximum atomic E-state index is 12.9. The van der Waals surface area contributed by atoms with E-state index in [1.54, 1.807) is 6.07 Å². The van der Waals surface area contributed by atoms with Crippen LogP contribution in [0.5, 0.6) is 11.6 Å². The number of hydrogen-bond acceptors (Lipinski definition) is 5. The van der Waals surface area contributed by atoms with Crippen molar-refractivity contribution in [3.8, 4) is 11.6 Å². The molecule has 0 amide bonds. The monoisotopic (exact) mass is 248 g/mol. The van der Waals surface area contributed by atoms with Crippen LogP contribution < -0.4 is 4.74 Å². The molecule has 0 saturated heterocycles. The van der Waals surface area contributed by atoms with Gasteiger partial charge in [-0.2, -0.15) is 0 Å². The fraction of sp³-hybridized carbons (Fsp3) is 0.0833. The van der Waals surface area contributed by atoms with Crippen molar-refractivity contribution >= 4 is 5.97 Å². The number of nitrogens with zero attached hydrogens (tertiary/aromatic N) is 2. The van der Waals surface area contributed by atoms with E-state index in [0.29, 0.717) is 5.75 Å². The molecule has 0 N–H and O–H groups in total. The Morgan fingerprint density at radius 3 is 2.72 bits per heavy atom. The van der Waals surface area contributed by atoms with Gasteiger partial charge in [0.1, 0.15) is 11.6 Å². The SMILES string of the molecule is COC(=O)c1cnc(Oc2cccc(F)c2)cn1. The van der Waals surface area contributed by atoms with Gasteiger partial charge in [0.2, 0.25) is 5.88 Å². The predicted molar refractivity (Wildman–Crippen MR) is 59.8 cm³/mol. The first-order chi connectivity index (χ1) is 8.69. The number of carbonyl (C=O) groups excluding carboxylic acids is 1. The van der Waals surface area contributed by atoms with Gasteiger partial charge >= 0.3 is 5.97 Å². The van der Waals surface area contributed by atoms with Crippen LogP contribution in [0.15, 0.2) is 36.7 Å². The summed E-state index contributed by atoms with van der Waals surface area (Å²) in [5.41, 5.74) is 0.0732. The third-order valence-electron chi connectivity index (χ3n) is 2.04. The lowest BCUT2D eigenvalue weighted by molar-refractivity contribution is 0.0593. The zero-order valence-corrected chi connectivity index (χ0v) is 9.46. The summed E-state index contributed by atoms with van der Waals surface area (Å²) in [6.07, 6.45) is 2.48. The van der Waals surface area contributed by atoms with E-state index < -0.39 is 11.8 Å². The number of esters is 1. The normalized spacial score (nSPS) is 9.89. The van der Waals surface area contributed by atoms with Gasteiger partial charge in [0.15, 0.2) is 5.69 Å². The quantitative estimate of drug-likeness (QED) is 0.779. The summed E-state index contributed by atoms with van der Waals surface area (Å²) >= 11 is 0. The molecule has 1 heterocycles. The van der Waals surface area contributed by atoms with E-state index in [4.69, 9.17) is 4.74 Å². The van der Waals surface area contributed by atoms with Gasteiger partial charge in [0.05, 0.1) is 19.5 Å². The molecule has 2 rings (SSSR count). The summed E-state index contributed by atoms with van der Waals surface area (Å²) in [6.45, 7) is 0. The highest BCUT2D eigenvalue weighted by Crippen LogP contribution is 2.19. The lowest BCUT2D eigenvalue weighted by Gasteiger charge is -2.04. The molecule has 0 fully saturated rings. The number of carbonyl (C=O) groups is 1. The molecule has 0 bridgehead atoms. The fourth-order valence-electron chi connectivity index (χ4n) is 1.23. The average Bonchev–Trinajstić information content (AvgIpc) is 2.39. The van der Waals surface area contributed by atoms with Crippen molar-refractivity contribution in [2.75, 3.05) is 7.11 Å². The van der Waals surface area contributed by atoms with Crippen LogP contribution in [0.2, 0.25) is 0 Å². The molecule has 0 aliphatic rings. The summed E-state index contributed by atoms with van der Waals surface area (Å²) in [5, 5.41) is 0. The van der Waals surface area contributed by atoms with Crippen LogP contribution in [0.25, 0.3) is 0 Å². The van der Waals surface area contributed by atoms with Crippen molar-refractivity contribution in [1.82, 2.24) is 9.97 Å². The molecule has 1 aromatic heterocycles. The van der Waals surface area contributed by atoms with Gasteiger partial charge in [-0.15, -0.1) is 0 Å². The third-order valence-corrected chi connectivity index (χ3v) is 2.04. The van der Waals surface area contributed by atoms with Gasteiger partial charge in [-0.1, -0.05) is 6.07 Å². The molecule has 2 aromatic rings. The highest BCUT2D eigenvalue weighted by molar-refractivity contribution is 5.86. The molecule has 0 unspecified atom stereocenters. The predicted octanol–water partition coefficient (Wildman–Crippen LogP) is 2.19. The molecule has 0 aliphatic carbocycles. The number of methoxy groups -OCH3 is 1. The highest BCUT2D eigenvalue weighted by atomic mass is 19.1. The third kappa shape index (κ3) is 2.79. The molecule has 92 valence electrons. The Morgan fingerprint density at radius 1 is 1.28 bits per heavy atom. The number of benzene rings is 1. The molecule has 0 atom stereocenters. The Balaban J connectivity index is 2.13. The van der Waals surface area contributed by atoms with Crippen molar-refractivity contribution in [3.05, 3.63) is 48.2 Å². The van der Waals surface area contributed by atoms with Crippen LogP contribution in [0.3, 0.4) is 0 Å². The summed E-state index contributed by atoms with van der Waals surface area (Å²) in [4.78, 5) is 18.8. The maximum absolute atomic E-state index is 12.9. The van der Waals surface area contributed by atoms with Gasteiger partial charge in [-0.25, -0.2) is 19.2 Å². The molecule has 5 nitrogen and oxygen atoms in total. The van der Waals surface area contributed by atoms with E-state index >= 15 is 0 Å². The summed E-state index contributed by atoms with van der Waals surface area (Å²) in [5.74, 6) is -0.533. The average molecular weight is 248 g/mol. The van der Waals surface area contributed by atoms with Crippen LogP contribution in [0.4, 0.5) is 4.39 Å². The van der Waals surface area contributed by atoms with Crippen molar-refractivity contribution in [1.29, 1.82) is 0 Å². The topological polar surface area (TPSA) is 61.3 Å². The summed E-state index contributed by atoms with van der Waals surface area (Å²) < 4.78 is 22.6. The zero-order chi connectivity index (χ0) is 13.0. The molecular formula is C12H9FN2O3. The number of aromatic nitrogens is 2. The Hall–Kier alpha value is -2.50. The van der Waals surface area contributed by atoms with Crippen molar-refractivity contribution < 1.29 is 18.7 Å². The van der Waals surface area contributed by atoms with Crippen LogP contribution >= 0.6 is 0 Å². The summed E-state index contributed by atoms with van der Waals surface area (Å²) in [6, 6.07) is 5.62. The van der Waals surface area contributed by atoms with E-state index in [2.05, 4.69) is 14.7 Å². The highest BCUT2D eigenvalue weighted by Gasteiger charge is 2.08. The Bertz CT molecular complexity index is 558. The van der Waals surface area contributed by atoms with Crippen LogP contribution in [-0.2, 0) is 4.74 Å². The van der Waals surface area contributed by atoms with Gasteiger partial charge in [0.25, 0.3) is 0 Å². The van der Waals surface area contributed by atoms with E-state index in [1.807, 2.05) is 0 Å². The van der Waals surface area contributed by atoms with E-state index in [1.165, 1.54) is 37.7 Å². The Labute approximate surface area is 102 Å². The van der Waals surface area contributed by atoms with Gasteiger partial charge in [0, 0.05) is 6.07 Å². The molecule has 0 aliphatic heterocycles. The van der Waals surface area contributed by atoms with Crippen LogP contribution in [0.1, 0.15) is 10.5 Å². The van der Waals surface area contributed by atoms with E-state index in [-0.39, 0.29) is 11.6 Å². The molecule has 0 radical (unpaired) electrons. The molecule has 0 saturated carbocycles. The molecule has 18 heavy (non-hydrogen) atoms.